The minimum absolute atomic E-state index is 0.0687. The Balaban J connectivity index is 1.41. The Morgan fingerprint density at radius 2 is 1.78 bits per heavy atom. The van der Waals surface area contributed by atoms with Crippen LogP contribution in [0, 0.1) is 17.6 Å². The number of hydrogen-bond donors (Lipinski definition) is 1. The highest BCUT2D eigenvalue weighted by Gasteiger charge is 2.44. The molecule has 0 radical (unpaired) electrons. The first-order valence-corrected chi connectivity index (χ1v) is 14.5. The molecule has 2 saturated heterocycles. The average molecular weight is 584 g/mol. The molecule has 10 heteroatoms. The van der Waals surface area contributed by atoms with Gasteiger partial charge in [0.1, 0.15) is 11.6 Å². The van der Waals surface area contributed by atoms with Crippen molar-refractivity contribution < 1.29 is 18.4 Å². The molecule has 1 aromatic heterocycles. The van der Waals surface area contributed by atoms with E-state index in [1.165, 1.54) is 12.1 Å². The van der Waals surface area contributed by atoms with Gasteiger partial charge in [-0.05, 0) is 62.9 Å². The Morgan fingerprint density at radius 3 is 2.44 bits per heavy atom. The molecule has 2 aliphatic heterocycles. The number of halogens is 3. The van der Waals surface area contributed by atoms with Crippen molar-refractivity contribution in [3.8, 4) is 0 Å². The number of nitrogens with one attached hydrogen (secondary N) is 1. The van der Waals surface area contributed by atoms with E-state index in [9.17, 15) is 18.4 Å². The van der Waals surface area contributed by atoms with Crippen LogP contribution in [0.1, 0.15) is 67.3 Å². The molecule has 218 valence electrons. The highest BCUT2D eigenvalue weighted by atomic mass is 35.5. The van der Waals surface area contributed by atoms with E-state index in [1.807, 2.05) is 29.2 Å². The lowest BCUT2D eigenvalue weighted by atomic mass is 9.87. The number of likely N-dealkylation sites (tertiary alicyclic amines) is 1. The van der Waals surface area contributed by atoms with Crippen molar-refractivity contribution in [1.29, 1.82) is 0 Å². The Kier molecular flexibility index (Phi) is 8.47. The number of aromatic amines is 1. The fourth-order valence-corrected chi connectivity index (χ4v) is 6.22. The van der Waals surface area contributed by atoms with Crippen LogP contribution in [-0.2, 0) is 4.79 Å². The first-order valence-electron chi connectivity index (χ1n) is 14.1. The molecule has 0 saturated carbocycles. The summed E-state index contributed by atoms with van der Waals surface area (Å²) in [6.07, 6.45) is 4.47. The minimum Gasteiger partial charge on any atom is -0.341 e. The maximum atomic E-state index is 15.0. The summed E-state index contributed by atoms with van der Waals surface area (Å²) < 4.78 is 28.7. The van der Waals surface area contributed by atoms with Gasteiger partial charge in [0.2, 0.25) is 5.91 Å². The number of nitrogens with zero attached hydrogens (tertiary/aromatic N) is 4. The first kappa shape index (κ1) is 29.2. The van der Waals surface area contributed by atoms with E-state index in [1.54, 1.807) is 17.3 Å². The molecule has 5 rings (SSSR count). The summed E-state index contributed by atoms with van der Waals surface area (Å²) in [5, 5.41) is 0.619. The monoisotopic (exact) mass is 583 g/mol. The van der Waals surface area contributed by atoms with E-state index in [-0.39, 0.29) is 29.2 Å². The van der Waals surface area contributed by atoms with Crippen LogP contribution in [0.5, 0.6) is 0 Å². The zero-order valence-corrected chi connectivity index (χ0v) is 24.4. The van der Waals surface area contributed by atoms with Crippen LogP contribution in [0.3, 0.4) is 0 Å². The molecular weight excluding hydrogens is 548 g/mol. The maximum absolute atomic E-state index is 15.0. The van der Waals surface area contributed by atoms with Crippen LogP contribution in [0.4, 0.5) is 8.78 Å². The van der Waals surface area contributed by atoms with Crippen LogP contribution in [0.15, 0.2) is 54.9 Å². The number of rotatable bonds is 4. The number of hydrogen-bond acceptors (Lipinski definition) is 4. The molecule has 0 aliphatic carbocycles. The van der Waals surface area contributed by atoms with E-state index in [4.69, 9.17) is 11.6 Å². The fourth-order valence-electron chi connectivity index (χ4n) is 6.09. The molecule has 3 heterocycles. The average Bonchev–Trinajstić information content (AvgIpc) is 3.60. The van der Waals surface area contributed by atoms with Crippen LogP contribution in [-0.4, -0.2) is 74.7 Å². The van der Waals surface area contributed by atoms with Crippen molar-refractivity contribution in [2.75, 3.05) is 32.7 Å². The second-order valence-electron chi connectivity index (χ2n) is 11.9. The number of H-pyrrole nitrogens is 1. The van der Waals surface area contributed by atoms with Gasteiger partial charge in [0, 0.05) is 67.7 Å². The lowest BCUT2D eigenvalue weighted by Crippen LogP contribution is -2.48. The van der Waals surface area contributed by atoms with Crippen molar-refractivity contribution in [3.63, 3.8) is 0 Å². The smallest absolute Gasteiger partial charge is 0.290 e. The Bertz CT molecular complexity index is 1380. The summed E-state index contributed by atoms with van der Waals surface area (Å²) in [7, 11) is 0. The lowest BCUT2D eigenvalue weighted by Gasteiger charge is -2.38. The van der Waals surface area contributed by atoms with E-state index < -0.39 is 23.5 Å². The summed E-state index contributed by atoms with van der Waals surface area (Å²) in [5.41, 5.74) is 1.11. The number of imidazole rings is 1. The van der Waals surface area contributed by atoms with Gasteiger partial charge in [0.05, 0.1) is 12.0 Å². The van der Waals surface area contributed by atoms with E-state index in [0.717, 1.165) is 11.6 Å². The fraction of sp³-hybridized carbons (Fsp3) is 0.452. The molecule has 2 aliphatic rings. The molecule has 2 aromatic carbocycles. The van der Waals surface area contributed by atoms with Crippen LogP contribution >= 0.6 is 11.6 Å². The number of aromatic nitrogens is 2. The van der Waals surface area contributed by atoms with Crippen molar-refractivity contribution in [3.05, 3.63) is 88.5 Å². The van der Waals surface area contributed by atoms with Crippen molar-refractivity contribution in [2.45, 2.75) is 51.1 Å². The van der Waals surface area contributed by atoms with E-state index in [0.29, 0.717) is 56.2 Å². The second kappa shape index (κ2) is 11.9. The van der Waals surface area contributed by atoms with Crippen molar-refractivity contribution in [2.24, 2.45) is 5.92 Å². The second-order valence-corrected chi connectivity index (χ2v) is 12.4. The number of benzene rings is 2. The third-order valence-corrected chi connectivity index (χ3v) is 8.62. The third kappa shape index (κ3) is 6.31. The van der Waals surface area contributed by atoms with Gasteiger partial charge in [-0.3, -0.25) is 14.5 Å². The van der Waals surface area contributed by atoms with Gasteiger partial charge >= 0.3 is 0 Å². The van der Waals surface area contributed by atoms with Crippen LogP contribution in [0.25, 0.3) is 0 Å². The van der Waals surface area contributed by atoms with Gasteiger partial charge in [-0.15, -0.1) is 0 Å². The van der Waals surface area contributed by atoms with Gasteiger partial charge in [-0.25, -0.2) is 13.8 Å². The number of carbonyl (C=O) groups is 2. The van der Waals surface area contributed by atoms with Crippen LogP contribution in [0.2, 0.25) is 5.02 Å². The standard InChI is InChI=1S/C31H36ClF2N5O2/c1-31(2,3)38-18-24(23-11-10-22(33)17-26(23)34)25(19-38)29(40)37-14-4-5-27(20-6-8-21(32)9-7-20)39(16-15-37)30(41)28-35-12-13-36-28/h6-13,17,24-25,27H,4-5,14-16,18-19H2,1-3H3,(H,35,36)/t24-,25+,27-/m0/s1. The molecule has 3 aromatic rings. The normalized spacial score (nSPS) is 22.4. The highest BCUT2D eigenvalue weighted by molar-refractivity contribution is 6.30. The predicted octanol–water partition coefficient (Wildman–Crippen LogP) is 5.66. The summed E-state index contributed by atoms with van der Waals surface area (Å²) in [6, 6.07) is 10.9. The van der Waals surface area contributed by atoms with Gasteiger partial charge in [-0.1, -0.05) is 29.8 Å². The molecule has 1 N–H and O–H groups in total. The third-order valence-electron chi connectivity index (χ3n) is 8.37. The first-order chi connectivity index (χ1) is 19.5. The Labute approximate surface area is 244 Å². The molecule has 2 amide bonds. The molecule has 0 unspecified atom stereocenters. The largest absolute Gasteiger partial charge is 0.341 e. The predicted molar refractivity (Wildman–Crippen MR) is 154 cm³/mol. The summed E-state index contributed by atoms with van der Waals surface area (Å²) in [4.78, 5) is 40.6. The topological polar surface area (TPSA) is 72.5 Å². The van der Waals surface area contributed by atoms with Crippen LogP contribution < -0.4 is 0 Å². The molecule has 0 spiro atoms. The quantitative estimate of drug-likeness (QED) is 0.430. The maximum Gasteiger partial charge on any atom is 0.290 e. The van der Waals surface area contributed by atoms with Crippen molar-refractivity contribution in [1.82, 2.24) is 24.7 Å². The summed E-state index contributed by atoms with van der Waals surface area (Å²) in [6.45, 7) is 8.36. The van der Waals surface area contributed by atoms with Gasteiger partial charge in [0.15, 0.2) is 5.82 Å². The summed E-state index contributed by atoms with van der Waals surface area (Å²) in [5.74, 6) is -2.23. The number of amides is 2. The highest BCUT2D eigenvalue weighted by Crippen LogP contribution is 2.39. The van der Waals surface area contributed by atoms with E-state index >= 15 is 0 Å². The molecule has 7 nitrogen and oxygen atoms in total. The van der Waals surface area contributed by atoms with Gasteiger partial charge in [-0.2, -0.15) is 0 Å². The Morgan fingerprint density at radius 1 is 1.02 bits per heavy atom. The SMILES string of the molecule is CC(C)(C)N1C[C@@H](C(=O)N2CCC[C@@H](c3ccc(Cl)cc3)N(C(=O)c3ncc[nH]3)CC2)[C@H](c2ccc(F)cc2F)C1. The zero-order valence-electron chi connectivity index (χ0n) is 23.6. The van der Waals surface area contributed by atoms with Gasteiger partial charge in [0.25, 0.3) is 5.91 Å². The van der Waals surface area contributed by atoms with Gasteiger partial charge < -0.3 is 14.8 Å². The molecule has 3 atom stereocenters. The minimum atomic E-state index is -0.639. The molecule has 41 heavy (non-hydrogen) atoms. The molecule has 2 fully saturated rings. The Hall–Kier alpha value is -3.30. The molecule has 0 bridgehead atoms. The number of carbonyl (C=O) groups excluding carboxylic acids is 2. The summed E-state index contributed by atoms with van der Waals surface area (Å²) >= 11 is 6.13. The lowest BCUT2D eigenvalue weighted by molar-refractivity contribution is -0.136. The zero-order chi connectivity index (χ0) is 29.3. The van der Waals surface area contributed by atoms with Crippen molar-refractivity contribution >= 4 is 23.4 Å². The van der Waals surface area contributed by atoms with E-state index in [2.05, 4.69) is 35.6 Å². The molecular formula is C31H36ClF2N5O2.